The average molecular weight is 318 g/mol. The molecule has 5 nitrogen and oxygen atoms in total. The lowest BCUT2D eigenvalue weighted by Gasteiger charge is -2.23. The number of hydrogen-bond donors (Lipinski definition) is 0. The van der Waals surface area contributed by atoms with Crippen molar-refractivity contribution >= 4 is 10.0 Å². The molecule has 0 bridgehead atoms. The molecule has 0 radical (unpaired) electrons. The van der Waals surface area contributed by atoms with Crippen molar-refractivity contribution in [3.05, 3.63) is 29.8 Å². The Labute approximate surface area is 131 Å². The van der Waals surface area contributed by atoms with Crippen molar-refractivity contribution in [2.45, 2.75) is 30.8 Å². The molecule has 1 aliphatic heterocycles. The maximum atomic E-state index is 12.7. The minimum Gasteiger partial charge on any atom is -0.377 e. The first-order chi connectivity index (χ1) is 10.6. The summed E-state index contributed by atoms with van der Waals surface area (Å²) in [4.78, 5) is 0.169. The van der Waals surface area contributed by atoms with E-state index in [0.717, 1.165) is 12.8 Å². The second kappa shape index (κ2) is 7.42. The van der Waals surface area contributed by atoms with Crippen LogP contribution >= 0.6 is 0 Å². The van der Waals surface area contributed by atoms with Crippen LogP contribution in [0.25, 0.3) is 0 Å². The lowest BCUT2D eigenvalue weighted by Crippen LogP contribution is -2.37. The predicted octanol–water partition coefficient (Wildman–Crippen LogP) is 1.75. The Balaban J connectivity index is 2.25. The van der Waals surface area contributed by atoms with Crippen molar-refractivity contribution in [3.8, 4) is 17.9 Å². The van der Waals surface area contributed by atoms with E-state index in [1.807, 2.05) is 6.07 Å². The van der Waals surface area contributed by atoms with Crippen molar-refractivity contribution < 1.29 is 13.2 Å². The highest BCUT2D eigenvalue weighted by Crippen LogP contribution is 2.20. The molecule has 1 aliphatic rings. The molecule has 1 fully saturated rings. The third-order valence-corrected chi connectivity index (χ3v) is 5.31. The summed E-state index contributed by atoms with van der Waals surface area (Å²) in [6.07, 6.45) is 1.74. The fourth-order valence-corrected chi connectivity index (χ4v) is 3.66. The van der Waals surface area contributed by atoms with E-state index in [2.05, 4.69) is 11.8 Å². The molecule has 0 saturated carbocycles. The van der Waals surface area contributed by atoms with Gasteiger partial charge in [0.1, 0.15) is 0 Å². The normalized spacial score (nSPS) is 17.8. The molecule has 2 rings (SSSR count). The van der Waals surface area contributed by atoms with Crippen molar-refractivity contribution in [2.24, 2.45) is 0 Å². The van der Waals surface area contributed by atoms with Gasteiger partial charge in [-0.05, 0) is 44.0 Å². The molecule has 1 atom stereocenters. The zero-order valence-electron chi connectivity index (χ0n) is 12.4. The Morgan fingerprint density at radius 1 is 1.36 bits per heavy atom. The lowest BCUT2D eigenvalue weighted by molar-refractivity contribution is 0.0960. The van der Waals surface area contributed by atoms with Crippen molar-refractivity contribution in [1.82, 2.24) is 4.31 Å². The maximum Gasteiger partial charge on any atom is 0.244 e. The monoisotopic (exact) mass is 318 g/mol. The third-order valence-electron chi connectivity index (χ3n) is 3.48. The van der Waals surface area contributed by atoms with Crippen LogP contribution in [0.5, 0.6) is 0 Å². The molecule has 1 heterocycles. The molecular weight excluding hydrogens is 300 g/mol. The summed E-state index contributed by atoms with van der Waals surface area (Å²) in [5.74, 6) is 5.53. The summed E-state index contributed by atoms with van der Waals surface area (Å²) in [7, 11) is -3.64. The smallest absolute Gasteiger partial charge is 0.244 e. The molecule has 0 N–H and O–H groups in total. The van der Waals surface area contributed by atoms with Gasteiger partial charge in [0.05, 0.1) is 29.2 Å². The molecule has 6 heteroatoms. The fraction of sp³-hybridized carbons (Fsp3) is 0.438. The maximum absolute atomic E-state index is 12.7. The van der Waals surface area contributed by atoms with Gasteiger partial charge in [-0.1, -0.05) is 5.92 Å². The average Bonchev–Trinajstić information content (AvgIpc) is 3.04. The van der Waals surface area contributed by atoms with Gasteiger partial charge in [-0.15, -0.1) is 5.92 Å². The van der Waals surface area contributed by atoms with E-state index >= 15 is 0 Å². The number of nitriles is 1. The molecular formula is C16H18N2O3S. The Morgan fingerprint density at radius 3 is 2.64 bits per heavy atom. The second-order valence-electron chi connectivity index (χ2n) is 5.00. The van der Waals surface area contributed by atoms with E-state index in [4.69, 9.17) is 10.00 Å². The van der Waals surface area contributed by atoms with Gasteiger partial charge in [0, 0.05) is 13.2 Å². The lowest BCUT2D eigenvalue weighted by atomic mass is 10.2. The summed E-state index contributed by atoms with van der Waals surface area (Å²) in [6, 6.07) is 7.89. The zero-order chi connectivity index (χ0) is 16.0. The summed E-state index contributed by atoms with van der Waals surface area (Å²) >= 11 is 0. The number of hydrogen-bond acceptors (Lipinski definition) is 4. The van der Waals surface area contributed by atoms with Crippen molar-refractivity contribution in [3.63, 3.8) is 0 Å². The highest BCUT2D eigenvalue weighted by Gasteiger charge is 2.28. The highest BCUT2D eigenvalue weighted by atomic mass is 32.2. The Kier molecular flexibility index (Phi) is 5.57. The molecule has 0 unspecified atom stereocenters. The van der Waals surface area contributed by atoms with Crippen LogP contribution in [0.2, 0.25) is 0 Å². The van der Waals surface area contributed by atoms with Crippen LogP contribution in [0, 0.1) is 23.2 Å². The van der Waals surface area contributed by atoms with Gasteiger partial charge in [0.15, 0.2) is 0 Å². The molecule has 0 amide bonds. The van der Waals surface area contributed by atoms with Crippen LogP contribution in [-0.4, -0.2) is 38.5 Å². The number of benzene rings is 1. The van der Waals surface area contributed by atoms with Crippen LogP contribution in [0.15, 0.2) is 29.2 Å². The zero-order valence-corrected chi connectivity index (χ0v) is 13.3. The first-order valence-electron chi connectivity index (χ1n) is 7.09. The number of ether oxygens (including phenoxy) is 1. The minimum atomic E-state index is -3.64. The minimum absolute atomic E-state index is 0.0770. The summed E-state index contributed by atoms with van der Waals surface area (Å²) in [6.45, 7) is 2.79. The molecule has 0 aromatic heterocycles. The predicted molar refractivity (Wildman–Crippen MR) is 82.3 cm³/mol. The van der Waals surface area contributed by atoms with Gasteiger partial charge >= 0.3 is 0 Å². The molecule has 116 valence electrons. The second-order valence-corrected chi connectivity index (χ2v) is 6.93. The van der Waals surface area contributed by atoms with Crippen molar-refractivity contribution in [1.29, 1.82) is 5.26 Å². The van der Waals surface area contributed by atoms with Crippen LogP contribution in [0.4, 0.5) is 0 Å². The summed E-state index contributed by atoms with van der Waals surface area (Å²) < 4.78 is 32.4. The molecule has 0 aliphatic carbocycles. The molecule has 22 heavy (non-hydrogen) atoms. The summed E-state index contributed by atoms with van der Waals surface area (Å²) in [5.41, 5.74) is 0.429. The Bertz CT molecular complexity index is 702. The van der Waals surface area contributed by atoms with Gasteiger partial charge < -0.3 is 4.74 Å². The molecule has 1 aromatic carbocycles. The van der Waals surface area contributed by atoms with E-state index < -0.39 is 10.0 Å². The van der Waals surface area contributed by atoms with E-state index in [0.29, 0.717) is 18.7 Å². The highest BCUT2D eigenvalue weighted by molar-refractivity contribution is 7.89. The standard InChI is InChI=1S/C16H18N2O3S/c1-2-3-10-18(13-15-5-4-11-21-15)22(19,20)16-8-6-14(12-17)7-9-16/h6-9,15H,4-5,10-11,13H2,1H3/t15-/m0/s1. The quantitative estimate of drug-likeness (QED) is 0.776. The van der Waals surface area contributed by atoms with Gasteiger partial charge in [-0.3, -0.25) is 0 Å². The van der Waals surface area contributed by atoms with Crippen molar-refractivity contribution in [2.75, 3.05) is 19.7 Å². The van der Waals surface area contributed by atoms with Gasteiger partial charge in [0.2, 0.25) is 10.0 Å². The first-order valence-corrected chi connectivity index (χ1v) is 8.53. The Morgan fingerprint density at radius 2 is 2.09 bits per heavy atom. The van der Waals surface area contributed by atoms with E-state index in [-0.39, 0.29) is 17.5 Å². The summed E-state index contributed by atoms with van der Waals surface area (Å²) in [5, 5.41) is 8.80. The SMILES string of the molecule is CC#CCN(C[C@@H]1CCCO1)S(=O)(=O)c1ccc(C#N)cc1. The number of sulfonamides is 1. The molecule has 0 spiro atoms. The fourth-order valence-electron chi connectivity index (χ4n) is 2.28. The number of rotatable bonds is 5. The van der Waals surface area contributed by atoms with Crippen LogP contribution < -0.4 is 0 Å². The number of nitrogens with zero attached hydrogens (tertiary/aromatic N) is 2. The van der Waals surface area contributed by atoms with Crippen LogP contribution in [0.1, 0.15) is 25.3 Å². The van der Waals surface area contributed by atoms with E-state index in [1.165, 1.54) is 28.6 Å². The third kappa shape index (κ3) is 3.86. The largest absolute Gasteiger partial charge is 0.377 e. The topological polar surface area (TPSA) is 70.4 Å². The van der Waals surface area contributed by atoms with Crippen LogP contribution in [-0.2, 0) is 14.8 Å². The van der Waals surface area contributed by atoms with E-state index in [1.54, 1.807) is 6.92 Å². The molecule has 1 saturated heterocycles. The first kappa shape index (κ1) is 16.5. The van der Waals surface area contributed by atoms with Gasteiger partial charge in [-0.25, -0.2) is 8.42 Å². The van der Waals surface area contributed by atoms with E-state index in [9.17, 15) is 8.42 Å². The van der Waals surface area contributed by atoms with Crippen LogP contribution in [0.3, 0.4) is 0 Å². The Hall–Kier alpha value is -1.86. The van der Waals surface area contributed by atoms with Gasteiger partial charge in [0.25, 0.3) is 0 Å². The van der Waals surface area contributed by atoms with Gasteiger partial charge in [-0.2, -0.15) is 9.57 Å². The molecule has 1 aromatic rings.